The number of nitrogens with zero attached hydrogens (tertiary/aromatic N) is 2. The molecule has 0 saturated carbocycles. The van der Waals surface area contributed by atoms with Crippen molar-refractivity contribution in [3.8, 4) is 0 Å². The highest BCUT2D eigenvalue weighted by Gasteiger charge is 2.31. The Bertz CT molecular complexity index is 628. The lowest BCUT2D eigenvalue weighted by Crippen LogP contribution is -2.40. The van der Waals surface area contributed by atoms with Crippen molar-refractivity contribution in [3.63, 3.8) is 0 Å². The summed E-state index contributed by atoms with van der Waals surface area (Å²) in [5.41, 5.74) is 2.00. The first kappa shape index (κ1) is 13.4. The van der Waals surface area contributed by atoms with Crippen LogP contribution in [-0.4, -0.2) is 54.2 Å². The molecule has 2 heterocycles. The molecular formula is C14H14N2O5. The maximum atomic E-state index is 12.1. The fourth-order valence-electron chi connectivity index (χ4n) is 2.64. The van der Waals surface area contributed by atoms with Gasteiger partial charge in [-0.1, -0.05) is 0 Å². The number of ether oxygens (including phenoxy) is 1. The first-order chi connectivity index (χ1) is 10.1. The Balaban J connectivity index is 1.74. The number of carbonyl (C=O) groups is 3. The molecule has 0 bridgehead atoms. The van der Waals surface area contributed by atoms with Gasteiger partial charge in [0, 0.05) is 12.2 Å². The molecule has 1 fully saturated rings. The fourth-order valence-corrected chi connectivity index (χ4v) is 2.64. The van der Waals surface area contributed by atoms with Crippen LogP contribution < -0.4 is 4.90 Å². The largest absolute Gasteiger partial charge is 0.478 e. The Kier molecular flexibility index (Phi) is 3.25. The lowest BCUT2D eigenvalue weighted by molar-refractivity contribution is -0.126. The number of amides is 2. The van der Waals surface area contributed by atoms with Gasteiger partial charge in [-0.15, -0.1) is 0 Å². The smallest absolute Gasteiger partial charge is 0.416 e. The summed E-state index contributed by atoms with van der Waals surface area (Å²) in [6.07, 6.45) is 0.0920. The summed E-state index contributed by atoms with van der Waals surface area (Å²) in [4.78, 5) is 37.3. The average molecular weight is 290 g/mol. The number of benzene rings is 1. The molecule has 0 unspecified atom stereocenters. The van der Waals surface area contributed by atoms with E-state index in [4.69, 9.17) is 9.84 Å². The number of aromatic carboxylic acids is 1. The van der Waals surface area contributed by atoms with Crippen LogP contribution in [0.2, 0.25) is 0 Å². The van der Waals surface area contributed by atoms with Crippen molar-refractivity contribution >= 4 is 23.7 Å². The summed E-state index contributed by atoms with van der Waals surface area (Å²) in [5.74, 6) is -1.26. The van der Waals surface area contributed by atoms with Crippen molar-refractivity contribution in [2.24, 2.45) is 0 Å². The summed E-state index contributed by atoms with van der Waals surface area (Å²) in [7, 11) is 0. The molecule has 0 radical (unpaired) electrons. The summed E-state index contributed by atoms with van der Waals surface area (Å²) in [6, 6.07) is 4.86. The second-order valence-corrected chi connectivity index (χ2v) is 4.98. The molecule has 2 aliphatic rings. The number of cyclic esters (lactones) is 1. The van der Waals surface area contributed by atoms with Crippen LogP contribution in [0.15, 0.2) is 18.2 Å². The number of anilines is 1. The van der Waals surface area contributed by atoms with Gasteiger partial charge in [0.2, 0.25) is 0 Å². The first-order valence-corrected chi connectivity index (χ1v) is 6.64. The van der Waals surface area contributed by atoms with Gasteiger partial charge in [-0.2, -0.15) is 0 Å². The minimum absolute atomic E-state index is 0.0918. The Morgan fingerprint density at radius 3 is 2.76 bits per heavy atom. The molecular weight excluding hydrogens is 276 g/mol. The van der Waals surface area contributed by atoms with Crippen LogP contribution in [-0.2, 0) is 16.0 Å². The highest BCUT2D eigenvalue weighted by Crippen LogP contribution is 2.28. The number of fused-ring (bicyclic) bond motifs is 1. The Morgan fingerprint density at radius 1 is 1.29 bits per heavy atom. The van der Waals surface area contributed by atoms with E-state index in [0.29, 0.717) is 13.0 Å². The van der Waals surface area contributed by atoms with Crippen LogP contribution in [0, 0.1) is 0 Å². The molecule has 0 aliphatic carbocycles. The van der Waals surface area contributed by atoms with Gasteiger partial charge in [0.25, 0.3) is 5.91 Å². The third-order valence-corrected chi connectivity index (χ3v) is 3.71. The SMILES string of the molecule is O=C(O)c1ccc2c(c1)CCN2CC(=O)N1CCOC1=O. The van der Waals surface area contributed by atoms with Crippen LogP contribution in [0.5, 0.6) is 0 Å². The number of carboxylic acids is 1. The van der Waals surface area contributed by atoms with Crippen LogP contribution in [0.1, 0.15) is 15.9 Å². The van der Waals surface area contributed by atoms with Crippen LogP contribution in [0.3, 0.4) is 0 Å². The summed E-state index contributed by atoms with van der Waals surface area (Å²) in [5, 5.41) is 8.97. The zero-order valence-corrected chi connectivity index (χ0v) is 11.2. The fraction of sp³-hybridized carbons (Fsp3) is 0.357. The van der Waals surface area contributed by atoms with Gasteiger partial charge in [0.05, 0.1) is 18.7 Å². The monoisotopic (exact) mass is 290 g/mol. The summed E-state index contributed by atoms with van der Waals surface area (Å²) in [6.45, 7) is 1.25. The number of carboxylic acid groups (broad SMARTS) is 1. The molecule has 2 amide bonds. The van der Waals surface area contributed by atoms with E-state index in [9.17, 15) is 14.4 Å². The van der Waals surface area contributed by atoms with E-state index in [0.717, 1.165) is 16.2 Å². The highest BCUT2D eigenvalue weighted by molar-refractivity contribution is 5.96. The molecule has 7 heteroatoms. The molecule has 3 rings (SSSR count). The molecule has 1 aromatic carbocycles. The number of rotatable bonds is 3. The van der Waals surface area contributed by atoms with E-state index in [-0.39, 0.29) is 31.2 Å². The number of imide groups is 1. The van der Waals surface area contributed by atoms with Crippen LogP contribution in [0.25, 0.3) is 0 Å². The van der Waals surface area contributed by atoms with Gasteiger partial charge < -0.3 is 14.7 Å². The van der Waals surface area contributed by atoms with Gasteiger partial charge in [0.1, 0.15) is 6.61 Å². The zero-order valence-electron chi connectivity index (χ0n) is 11.2. The third kappa shape index (κ3) is 2.42. The standard InChI is InChI=1S/C14H14N2O5/c17-12(16-5-6-21-14(16)20)8-15-4-3-9-7-10(13(18)19)1-2-11(9)15/h1-2,7H,3-6,8H2,(H,18,19). The van der Waals surface area contributed by atoms with Crippen molar-refractivity contribution in [1.29, 1.82) is 0 Å². The molecule has 1 saturated heterocycles. The van der Waals surface area contributed by atoms with Crippen molar-refractivity contribution in [3.05, 3.63) is 29.3 Å². The normalized spacial score (nSPS) is 16.9. The minimum atomic E-state index is -0.966. The van der Waals surface area contributed by atoms with E-state index in [1.54, 1.807) is 12.1 Å². The molecule has 21 heavy (non-hydrogen) atoms. The average Bonchev–Trinajstić information content (AvgIpc) is 3.05. The Hall–Kier alpha value is -2.57. The molecule has 1 aromatic rings. The van der Waals surface area contributed by atoms with Crippen molar-refractivity contribution in [2.45, 2.75) is 6.42 Å². The maximum absolute atomic E-state index is 12.1. The highest BCUT2D eigenvalue weighted by atomic mass is 16.6. The topological polar surface area (TPSA) is 87.2 Å². The second kappa shape index (κ2) is 5.08. The van der Waals surface area contributed by atoms with E-state index >= 15 is 0 Å². The van der Waals surface area contributed by atoms with Gasteiger partial charge in [-0.05, 0) is 30.2 Å². The molecule has 0 spiro atoms. The lowest BCUT2D eigenvalue weighted by atomic mass is 10.1. The number of hydrogen-bond donors (Lipinski definition) is 1. The molecule has 110 valence electrons. The Labute approximate surface area is 120 Å². The van der Waals surface area contributed by atoms with Crippen molar-refractivity contribution in [2.75, 3.05) is 31.1 Å². The van der Waals surface area contributed by atoms with E-state index in [2.05, 4.69) is 0 Å². The predicted molar refractivity (Wildman–Crippen MR) is 72.4 cm³/mol. The van der Waals surface area contributed by atoms with Gasteiger partial charge >= 0.3 is 12.1 Å². The van der Waals surface area contributed by atoms with E-state index in [1.807, 2.05) is 4.90 Å². The second-order valence-electron chi connectivity index (χ2n) is 4.98. The quantitative estimate of drug-likeness (QED) is 0.883. The lowest BCUT2D eigenvalue weighted by Gasteiger charge is -2.21. The van der Waals surface area contributed by atoms with Crippen LogP contribution in [0.4, 0.5) is 10.5 Å². The van der Waals surface area contributed by atoms with E-state index in [1.165, 1.54) is 6.07 Å². The van der Waals surface area contributed by atoms with Gasteiger partial charge in [-0.25, -0.2) is 14.5 Å². The van der Waals surface area contributed by atoms with Crippen molar-refractivity contribution in [1.82, 2.24) is 4.90 Å². The molecule has 0 aromatic heterocycles. The summed E-state index contributed by atoms with van der Waals surface area (Å²) < 4.78 is 4.75. The molecule has 2 aliphatic heterocycles. The molecule has 0 atom stereocenters. The predicted octanol–water partition coefficient (Wildman–Crippen LogP) is 0.726. The third-order valence-electron chi connectivity index (χ3n) is 3.71. The van der Waals surface area contributed by atoms with E-state index < -0.39 is 12.1 Å². The number of hydrogen-bond acceptors (Lipinski definition) is 5. The van der Waals surface area contributed by atoms with Gasteiger partial charge in [-0.3, -0.25) is 4.79 Å². The summed E-state index contributed by atoms with van der Waals surface area (Å²) >= 11 is 0. The number of carbonyl (C=O) groups excluding carboxylic acids is 2. The maximum Gasteiger partial charge on any atom is 0.416 e. The molecule has 1 N–H and O–H groups in total. The molecule has 7 nitrogen and oxygen atoms in total. The van der Waals surface area contributed by atoms with Crippen molar-refractivity contribution < 1.29 is 24.2 Å². The first-order valence-electron chi connectivity index (χ1n) is 6.64. The zero-order chi connectivity index (χ0) is 15.0. The Morgan fingerprint density at radius 2 is 2.10 bits per heavy atom. The van der Waals surface area contributed by atoms with Crippen LogP contribution >= 0.6 is 0 Å². The minimum Gasteiger partial charge on any atom is -0.478 e. The van der Waals surface area contributed by atoms with Gasteiger partial charge in [0.15, 0.2) is 0 Å².